The molecule has 1 N–H and O–H groups in total. The van der Waals surface area contributed by atoms with Crippen molar-refractivity contribution in [2.45, 2.75) is 42.0 Å². The Bertz CT molecular complexity index is 944. The Morgan fingerprint density at radius 1 is 1.37 bits per heavy atom. The van der Waals surface area contributed by atoms with E-state index in [4.69, 9.17) is 35.4 Å². The zero-order valence-corrected chi connectivity index (χ0v) is 18.2. The van der Waals surface area contributed by atoms with Crippen LogP contribution < -0.4 is 5.32 Å². The number of hydrogen-bond acceptors (Lipinski definition) is 6. The highest BCUT2D eigenvalue weighted by atomic mass is 35.5. The SMILES string of the molecule is N#CC1(NC(=O)CSc2nn(-c3ccc(Cl)c(Cl)c3)c(=S)s2)CCCCC1. The lowest BCUT2D eigenvalue weighted by atomic mass is 9.83. The second-order valence-corrected chi connectivity index (χ2v) is 9.90. The molecule has 1 fully saturated rings. The van der Waals surface area contributed by atoms with Crippen LogP contribution in [0.5, 0.6) is 0 Å². The standard InChI is InChI=1S/C17H16Cl2N4OS3/c18-12-5-4-11(8-13(12)19)23-16(25)27-15(22-23)26-9-14(24)21-17(10-20)6-2-1-3-7-17/h4-5,8H,1-3,6-7,9H2,(H,21,24). The summed E-state index contributed by atoms with van der Waals surface area (Å²) in [6, 6.07) is 7.46. The summed E-state index contributed by atoms with van der Waals surface area (Å²) in [6.07, 6.45) is 4.48. The summed E-state index contributed by atoms with van der Waals surface area (Å²) in [5, 5.41) is 17.7. The van der Waals surface area contributed by atoms with Crippen LogP contribution in [0, 0.1) is 15.3 Å². The van der Waals surface area contributed by atoms with Gasteiger partial charge >= 0.3 is 0 Å². The topological polar surface area (TPSA) is 70.7 Å². The van der Waals surface area contributed by atoms with Crippen molar-refractivity contribution in [2.75, 3.05) is 5.75 Å². The Morgan fingerprint density at radius 2 is 2.11 bits per heavy atom. The molecule has 27 heavy (non-hydrogen) atoms. The number of carbonyl (C=O) groups excluding carboxylic acids is 1. The molecule has 2 aromatic rings. The molecule has 1 aromatic heterocycles. The Hall–Kier alpha value is -1.11. The van der Waals surface area contributed by atoms with Gasteiger partial charge in [-0.25, -0.2) is 4.68 Å². The van der Waals surface area contributed by atoms with Gasteiger partial charge in [0.15, 0.2) is 8.29 Å². The van der Waals surface area contributed by atoms with Gasteiger partial charge in [0.2, 0.25) is 5.91 Å². The van der Waals surface area contributed by atoms with E-state index in [0.717, 1.165) is 19.3 Å². The van der Waals surface area contributed by atoms with Gasteiger partial charge in [-0.15, -0.1) is 5.10 Å². The molecule has 0 aliphatic heterocycles. The number of nitrogens with one attached hydrogen (secondary N) is 1. The maximum Gasteiger partial charge on any atom is 0.231 e. The molecule has 5 nitrogen and oxygen atoms in total. The van der Waals surface area contributed by atoms with E-state index in [9.17, 15) is 10.1 Å². The minimum atomic E-state index is -0.720. The highest BCUT2D eigenvalue weighted by Gasteiger charge is 2.33. The number of thioether (sulfide) groups is 1. The monoisotopic (exact) mass is 458 g/mol. The van der Waals surface area contributed by atoms with Crippen LogP contribution in [0.4, 0.5) is 0 Å². The minimum absolute atomic E-state index is 0.161. The molecule has 142 valence electrons. The zero-order valence-electron chi connectivity index (χ0n) is 14.2. The Kier molecular flexibility index (Phi) is 6.82. The molecule has 1 heterocycles. The molecular weight excluding hydrogens is 443 g/mol. The van der Waals surface area contributed by atoms with Gasteiger partial charge in [-0.2, -0.15) is 5.26 Å². The van der Waals surface area contributed by atoms with Crippen molar-refractivity contribution in [2.24, 2.45) is 0 Å². The van der Waals surface area contributed by atoms with E-state index in [2.05, 4.69) is 16.5 Å². The lowest BCUT2D eigenvalue weighted by Gasteiger charge is -2.31. The van der Waals surface area contributed by atoms with E-state index in [0.29, 0.717) is 36.9 Å². The summed E-state index contributed by atoms with van der Waals surface area (Å²) < 4.78 is 2.83. The van der Waals surface area contributed by atoms with Crippen LogP contribution >= 0.6 is 58.5 Å². The molecule has 3 rings (SSSR count). The van der Waals surface area contributed by atoms with Crippen LogP contribution in [-0.2, 0) is 4.79 Å². The minimum Gasteiger partial charge on any atom is -0.337 e. The maximum absolute atomic E-state index is 12.3. The smallest absolute Gasteiger partial charge is 0.231 e. The number of benzene rings is 1. The van der Waals surface area contributed by atoms with Crippen molar-refractivity contribution < 1.29 is 4.79 Å². The van der Waals surface area contributed by atoms with Gasteiger partial charge in [-0.3, -0.25) is 4.79 Å². The Labute approximate surface area is 180 Å². The van der Waals surface area contributed by atoms with Crippen molar-refractivity contribution in [1.82, 2.24) is 15.1 Å². The molecule has 0 atom stereocenters. The van der Waals surface area contributed by atoms with Gasteiger partial charge in [0.1, 0.15) is 5.54 Å². The van der Waals surface area contributed by atoms with Crippen molar-refractivity contribution in [3.05, 3.63) is 32.2 Å². The lowest BCUT2D eigenvalue weighted by Crippen LogP contribution is -2.49. The quantitative estimate of drug-likeness (QED) is 0.479. The van der Waals surface area contributed by atoms with E-state index < -0.39 is 5.54 Å². The zero-order chi connectivity index (χ0) is 19.4. The van der Waals surface area contributed by atoms with E-state index in [1.165, 1.54) is 23.1 Å². The first-order valence-corrected chi connectivity index (χ1v) is 11.3. The first-order chi connectivity index (χ1) is 12.9. The number of nitriles is 1. The molecule has 0 bridgehead atoms. The predicted octanol–water partition coefficient (Wildman–Crippen LogP) is 5.40. The fourth-order valence-electron chi connectivity index (χ4n) is 2.95. The summed E-state index contributed by atoms with van der Waals surface area (Å²) in [4.78, 5) is 12.3. The molecule has 0 spiro atoms. The van der Waals surface area contributed by atoms with Gasteiger partial charge in [-0.05, 0) is 43.3 Å². The molecule has 10 heteroatoms. The Morgan fingerprint density at radius 3 is 2.78 bits per heavy atom. The van der Waals surface area contributed by atoms with Crippen LogP contribution in [0.25, 0.3) is 5.69 Å². The van der Waals surface area contributed by atoms with Crippen molar-refractivity contribution in [1.29, 1.82) is 5.26 Å². The van der Waals surface area contributed by atoms with Gasteiger partial charge < -0.3 is 5.32 Å². The van der Waals surface area contributed by atoms with E-state index in [1.54, 1.807) is 22.9 Å². The largest absolute Gasteiger partial charge is 0.337 e. The number of carbonyl (C=O) groups is 1. The van der Waals surface area contributed by atoms with Crippen LogP contribution in [0.1, 0.15) is 32.1 Å². The van der Waals surface area contributed by atoms with E-state index in [-0.39, 0.29) is 11.7 Å². The van der Waals surface area contributed by atoms with Gasteiger partial charge in [0.25, 0.3) is 0 Å². The molecular formula is C17H16Cl2N4OS3. The average Bonchev–Trinajstić information content (AvgIpc) is 3.04. The average molecular weight is 459 g/mol. The second-order valence-electron chi connectivity index (χ2n) is 6.24. The van der Waals surface area contributed by atoms with Crippen LogP contribution in [0.2, 0.25) is 10.0 Å². The third-order valence-electron chi connectivity index (χ3n) is 4.30. The third-order valence-corrected chi connectivity index (χ3v) is 7.41. The summed E-state index contributed by atoms with van der Waals surface area (Å²) in [5.74, 6) is 0.0262. The molecule has 1 saturated carbocycles. The highest BCUT2D eigenvalue weighted by Crippen LogP contribution is 2.29. The van der Waals surface area contributed by atoms with Crippen LogP contribution in [0.15, 0.2) is 22.5 Å². The first kappa shape index (κ1) is 20.6. The molecule has 1 aliphatic carbocycles. The lowest BCUT2D eigenvalue weighted by molar-refractivity contribution is -0.120. The molecule has 0 radical (unpaired) electrons. The summed E-state index contributed by atoms with van der Waals surface area (Å²) in [5.41, 5.74) is -0.00496. The Balaban J connectivity index is 1.65. The number of halogens is 2. The molecule has 0 unspecified atom stereocenters. The van der Waals surface area contributed by atoms with Crippen LogP contribution in [-0.4, -0.2) is 27.0 Å². The fraction of sp³-hybridized carbons (Fsp3) is 0.412. The maximum atomic E-state index is 12.3. The summed E-state index contributed by atoms with van der Waals surface area (Å²) >= 11 is 20.0. The van der Waals surface area contributed by atoms with Crippen molar-refractivity contribution in [3.8, 4) is 11.8 Å². The van der Waals surface area contributed by atoms with E-state index >= 15 is 0 Å². The van der Waals surface area contributed by atoms with E-state index in [1.807, 2.05) is 0 Å². The number of aromatic nitrogens is 2. The number of amides is 1. The fourth-order valence-corrected chi connectivity index (χ4v) is 5.40. The van der Waals surface area contributed by atoms with Crippen molar-refractivity contribution in [3.63, 3.8) is 0 Å². The molecule has 1 aliphatic rings. The molecule has 1 amide bonds. The second kappa shape index (κ2) is 8.93. The van der Waals surface area contributed by atoms with Crippen LogP contribution in [0.3, 0.4) is 0 Å². The third kappa shape index (κ3) is 5.04. The first-order valence-electron chi connectivity index (χ1n) is 8.33. The van der Waals surface area contributed by atoms with Gasteiger partial charge in [-0.1, -0.05) is 65.6 Å². The van der Waals surface area contributed by atoms with Gasteiger partial charge in [0.05, 0.1) is 27.6 Å². The molecule has 0 saturated heterocycles. The summed E-state index contributed by atoms with van der Waals surface area (Å²) in [7, 11) is 0. The number of rotatable bonds is 5. The molecule has 1 aromatic carbocycles. The number of hydrogen-bond donors (Lipinski definition) is 1. The predicted molar refractivity (Wildman–Crippen MR) is 113 cm³/mol. The highest BCUT2D eigenvalue weighted by molar-refractivity contribution is 8.01. The summed E-state index contributed by atoms with van der Waals surface area (Å²) in [6.45, 7) is 0. The van der Waals surface area contributed by atoms with Gasteiger partial charge in [0, 0.05) is 0 Å². The normalized spacial score (nSPS) is 15.9. The number of nitrogens with zero attached hydrogens (tertiary/aromatic N) is 3. The van der Waals surface area contributed by atoms with Crippen molar-refractivity contribution >= 4 is 64.4 Å².